The first-order chi connectivity index (χ1) is 9.06. The fraction of sp³-hybridized carbons (Fsp3) is 0.500. The minimum absolute atomic E-state index is 0.0647. The van der Waals surface area contributed by atoms with Crippen molar-refractivity contribution in [2.45, 2.75) is 12.2 Å². The number of nitrogens with two attached hydrogens (primary N) is 2. The number of nitrogens with zero attached hydrogens (tertiary/aromatic N) is 2. The van der Waals surface area contributed by atoms with Gasteiger partial charge in [-0.2, -0.15) is 0 Å². The maximum absolute atomic E-state index is 11.5. The van der Waals surface area contributed by atoms with Gasteiger partial charge in [0.2, 0.25) is 0 Å². The van der Waals surface area contributed by atoms with Crippen LogP contribution in [0.1, 0.15) is 10.4 Å². The number of hydrogen-bond acceptors (Lipinski definition) is 6. The van der Waals surface area contributed by atoms with Crippen molar-refractivity contribution in [2.75, 3.05) is 37.9 Å². The molecule has 0 aliphatic carbocycles. The van der Waals surface area contributed by atoms with E-state index in [4.69, 9.17) is 20.9 Å². The van der Waals surface area contributed by atoms with E-state index in [0.717, 1.165) is 0 Å². The van der Waals surface area contributed by atoms with Crippen LogP contribution in [0, 0.1) is 0 Å². The molecule has 7 heteroatoms. The lowest BCUT2D eigenvalue weighted by Crippen LogP contribution is -2.27. The molecular weight excluding hydrogens is 248 g/mol. The minimum Gasteiger partial charge on any atom is -0.397 e. The lowest BCUT2D eigenvalue weighted by molar-refractivity contribution is -0.00461. The third-order valence-corrected chi connectivity index (χ3v) is 3.27. The first-order valence-electron chi connectivity index (χ1n) is 5.92. The van der Waals surface area contributed by atoms with Gasteiger partial charge in [0.1, 0.15) is 18.0 Å². The molecular formula is C12H18N4O3. The third kappa shape index (κ3) is 2.61. The van der Waals surface area contributed by atoms with Gasteiger partial charge in [-0.1, -0.05) is 0 Å². The number of anilines is 2. The fourth-order valence-electron chi connectivity index (χ4n) is 2.28. The molecule has 0 spiro atoms. The van der Waals surface area contributed by atoms with Crippen LogP contribution in [0.25, 0.3) is 0 Å². The Kier molecular flexibility index (Phi) is 3.87. The van der Waals surface area contributed by atoms with E-state index < -0.39 is 5.91 Å². The molecule has 2 heterocycles. The summed E-state index contributed by atoms with van der Waals surface area (Å²) < 4.78 is 10.7. The second kappa shape index (κ2) is 5.41. The molecule has 0 aromatic carbocycles. The van der Waals surface area contributed by atoms with Gasteiger partial charge in [0.15, 0.2) is 0 Å². The molecule has 1 aliphatic heterocycles. The van der Waals surface area contributed by atoms with Crippen LogP contribution in [-0.4, -0.2) is 50.4 Å². The summed E-state index contributed by atoms with van der Waals surface area (Å²) in [6.45, 7) is 1.18. The summed E-state index contributed by atoms with van der Waals surface area (Å²) >= 11 is 0. The van der Waals surface area contributed by atoms with Crippen molar-refractivity contribution in [3.8, 4) is 0 Å². The number of ether oxygens (including phenoxy) is 2. The Bertz CT molecular complexity index is 468. The van der Waals surface area contributed by atoms with Crippen LogP contribution in [0.4, 0.5) is 11.5 Å². The maximum Gasteiger partial charge on any atom is 0.252 e. The van der Waals surface area contributed by atoms with Crippen molar-refractivity contribution >= 4 is 17.4 Å². The Balaban J connectivity index is 2.30. The number of nitrogen functional groups attached to an aromatic ring is 1. The number of carbonyl (C=O) groups excluding carboxylic acids is 1. The predicted octanol–water partition coefficient (Wildman–Crippen LogP) is -0.387. The minimum atomic E-state index is -0.551. The van der Waals surface area contributed by atoms with E-state index in [9.17, 15) is 4.79 Å². The van der Waals surface area contributed by atoms with E-state index in [1.807, 2.05) is 4.90 Å². The molecule has 2 unspecified atom stereocenters. The maximum atomic E-state index is 11.5. The predicted molar refractivity (Wildman–Crippen MR) is 71.0 cm³/mol. The van der Waals surface area contributed by atoms with Crippen LogP contribution >= 0.6 is 0 Å². The van der Waals surface area contributed by atoms with Crippen LogP contribution in [0.5, 0.6) is 0 Å². The third-order valence-electron chi connectivity index (χ3n) is 3.27. The molecule has 1 aliphatic rings. The number of hydrogen-bond donors (Lipinski definition) is 2. The summed E-state index contributed by atoms with van der Waals surface area (Å²) in [7, 11) is 3.26. The Hall–Kier alpha value is -1.86. The van der Waals surface area contributed by atoms with Gasteiger partial charge < -0.3 is 25.8 Å². The zero-order valence-corrected chi connectivity index (χ0v) is 11.0. The molecule has 0 radical (unpaired) electrons. The molecule has 1 saturated heterocycles. The average Bonchev–Trinajstić information content (AvgIpc) is 2.81. The fourth-order valence-corrected chi connectivity index (χ4v) is 2.28. The number of amides is 1. The molecule has 7 nitrogen and oxygen atoms in total. The lowest BCUT2D eigenvalue weighted by atomic mass is 10.2. The van der Waals surface area contributed by atoms with Gasteiger partial charge >= 0.3 is 0 Å². The molecule has 0 bridgehead atoms. The molecule has 2 atom stereocenters. The van der Waals surface area contributed by atoms with Crippen LogP contribution in [0.15, 0.2) is 12.3 Å². The summed E-state index contributed by atoms with van der Waals surface area (Å²) in [6.07, 6.45) is 1.37. The quantitative estimate of drug-likeness (QED) is 0.769. The first-order valence-corrected chi connectivity index (χ1v) is 5.92. The Labute approximate surface area is 111 Å². The highest BCUT2D eigenvalue weighted by Gasteiger charge is 2.35. The van der Waals surface area contributed by atoms with E-state index in [1.54, 1.807) is 14.2 Å². The van der Waals surface area contributed by atoms with Gasteiger partial charge in [0.25, 0.3) is 5.91 Å². The van der Waals surface area contributed by atoms with Crippen LogP contribution in [-0.2, 0) is 9.47 Å². The monoisotopic (exact) mass is 266 g/mol. The average molecular weight is 266 g/mol. The molecule has 19 heavy (non-hydrogen) atoms. The smallest absolute Gasteiger partial charge is 0.252 e. The first kappa shape index (κ1) is 13.6. The van der Waals surface area contributed by atoms with E-state index in [1.165, 1.54) is 12.3 Å². The molecule has 1 amide bonds. The van der Waals surface area contributed by atoms with Crippen molar-refractivity contribution in [2.24, 2.45) is 5.73 Å². The van der Waals surface area contributed by atoms with Crippen molar-refractivity contribution < 1.29 is 14.3 Å². The van der Waals surface area contributed by atoms with E-state index in [2.05, 4.69) is 4.98 Å². The molecule has 1 fully saturated rings. The van der Waals surface area contributed by atoms with Crippen molar-refractivity contribution in [1.29, 1.82) is 0 Å². The van der Waals surface area contributed by atoms with Crippen LogP contribution in [0.3, 0.4) is 0 Å². The number of methoxy groups -OCH3 is 2. The molecule has 1 aromatic heterocycles. The second-order valence-corrected chi connectivity index (χ2v) is 4.46. The Morgan fingerprint density at radius 1 is 1.37 bits per heavy atom. The van der Waals surface area contributed by atoms with Crippen molar-refractivity contribution in [1.82, 2.24) is 4.98 Å². The normalized spacial score (nSPS) is 22.7. The Morgan fingerprint density at radius 3 is 2.42 bits per heavy atom. The summed E-state index contributed by atoms with van der Waals surface area (Å²) in [4.78, 5) is 17.6. The second-order valence-electron chi connectivity index (χ2n) is 4.46. The largest absolute Gasteiger partial charge is 0.397 e. The summed E-state index contributed by atoms with van der Waals surface area (Å²) in [5, 5.41) is 0. The Morgan fingerprint density at radius 2 is 1.95 bits per heavy atom. The number of carbonyl (C=O) groups is 1. The zero-order chi connectivity index (χ0) is 14.0. The molecule has 2 rings (SSSR count). The van der Waals surface area contributed by atoms with Crippen molar-refractivity contribution in [3.63, 3.8) is 0 Å². The van der Waals surface area contributed by atoms with Crippen molar-refractivity contribution in [3.05, 3.63) is 17.8 Å². The van der Waals surface area contributed by atoms with E-state index in [0.29, 0.717) is 30.2 Å². The molecule has 4 N–H and O–H groups in total. The van der Waals surface area contributed by atoms with Gasteiger partial charge in [0, 0.05) is 27.3 Å². The number of rotatable bonds is 4. The van der Waals surface area contributed by atoms with Crippen LogP contribution < -0.4 is 16.4 Å². The lowest BCUT2D eigenvalue weighted by Gasteiger charge is -2.19. The zero-order valence-electron chi connectivity index (χ0n) is 11.0. The van der Waals surface area contributed by atoms with E-state index in [-0.39, 0.29) is 12.2 Å². The highest BCUT2D eigenvalue weighted by molar-refractivity contribution is 5.98. The van der Waals surface area contributed by atoms with Gasteiger partial charge in [-0.05, 0) is 6.07 Å². The van der Waals surface area contributed by atoms with Gasteiger partial charge in [0.05, 0.1) is 17.4 Å². The highest BCUT2D eigenvalue weighted by atomic mass is 16.5. The summed E-state index contributed by atoms with van der Waals surface area (Å²) in [5.74, 6) is -0.0343. The molecule has 1 aromatic rings. The van der Waals surface area contributed by atoms with Crippen LogP contribution in [0.2, 0.25) is 0 Å². The van der Waals surface area contributed by atoms with E-state index >= 15 is 0 Å². The van der Waals surface area contributed by atoms with Gasteiger partial charge in [-0.25, -0.2) is 4.98 Å². The van der Waals surface area contributed by atoms with Gasteiger partial charge in [-0.3, -0.25) is 4.79 Å². The number of aromatic nitrogens is 1. The number of pyridine rings is 1. The molecule has 0 saturated carbocycles. The highest BCUT2D eigenvalue weighted by Crippen LogP contribution is 2.25. The topological polar surface area (TPSA) is 104 Å². The SMILES string of the molecule is COC1CN(c2ncc(N)cc2C(N)=O)CC1OC. The number of primary amides is 1. The summed E-state index contributed by atoms with van der Waals surface area (Å²) in [5.41, 5.74) is 11.7. The van der Waals surface area contributed by atoms with Gasteiger partial charge in [-0.15, -0.1) is 0 Å². The summed E-state index contributed by atoms with van der Waals surface area (Å²) in [6, 6.07) is 1.53. The standard InChI is InChI=1S/C12H18N4O3/c1-18-9-5-16(6-10(9)19-2)12-8(11(14)17)3-7(13)4-15-12/h3-4,9-10H,5-6,13H2,1-2H3,(H2,14,17). The molecule has 104 valence electrons.